The summed E-state index contributed by atoms with van der Waals surface area (Å²) in [5, 5.41) is 0.720. The maximum Gasteiger partial charge on any atom is 0.573 e. The van der Waals surface area contributed by atoms with Crippen molar-refractivity contribution in [1.29, 1.82) is 0 Å². The van der Waals surface area contributed by atoms with Crippen LogP contribution in [0, 0.1) is 0 Å². The molecule has 0 amide bonds. The molecule has 0 spiro atoms. The summed E-state index contributed by atoms with van der Waals surface area (Å²) in [7, 11) is 0. The first-order valence-corrected chi connectivity index (χ1v) is 9.64. The predicted octanol–water partition coefficient (Wildman–Crippen LogP) is 5.07. The number of alkyl halides is 3. The zero-order chi connectivity index (χ0) is 20.3. The van der Waals surface area contributed by atoms with E-state index >= 15 is 0 Å². The first kappa shape index (κ1) is 19.3. The number of nitrogens with zero attached hydrogens (tertiary/aromatic N) is 4. The summed E-state index contributed by atoms with van der Waals surface area (Å²) in [6.07, 6.45) is -1.46. The van der Waals surface area contributed by atoms with Gasteiger partial charge in [-0.25, -0.2) is 15.0 Å². The number of hydrogen-bond donors (Lipinski definition) is 0. The number of thioether (sulfide) groups is 1. The van der Waals surface area contributed by atoms with Gasteiger partial charge in [-0.3, -0.25) is 0 Å². The van der Waals surface area contributed by atoms with Crippen LogP contribution < -0.4 is 4.74 Å². The maximum absolute atomic E-state index is 12.2. The van der Waals surface area contributed by atoms with Crippen molar-refractivity contribution in [3.8, 4) is 5.75 Å². The van der Waals surface area contributed by atoms with Crippen molar-refractivity contribution < 1.29 is 17.9 Å². The van der Waals surface area contributed by atoms with Gasteiger partial charge < -0.3 is 9.30 Å². The third-order valence-corrected chi connectivity index (χ3v) is 5.15. The Kier molecular flexibility index (Phi) is 5.39. The highest BCUT2D eigenvalue weighted by molar-refractivity contribution is 7.98. The fourth-order valence-corrected chi connectivity index (χ4v) is 3.70. The first-order valence-electron chi connectivity index (χ1n) is 8.65. The van der Waals surface area contributed by atoms with Crippen molar-refractivity contribution in [3.05, 3.63) is 78.4 Å². The Hall–Kier alpha value is -3.07. The van der Waals surface area contributed by atoms with Gasteiger partial charge in [0.15, 0.2) is 5.65 Å². The van der Waals surface area contributed by atoms with E-state index in [9.17, 15) is 13.2 Å². The van der Waals surface area contributed by atoms with Crippen LogP contribution in [0.5, 0.6) is 5.75 Å². The summed E-state index contributed by atoms with van der Waals surface area (Å²) in [4.78, 5) is 13.1. The number of halogens is 3. The fourth-order valence-electron chi connectivity index (χ4n) is 2.80. The van der Waals surface area contributed by atoms with Crippen LogP contribution in [0.3, 0.4) is 0 Å². The van der Waals surface area contributed by atoms with Gasteiger partial charge >= 0.3 is 6.36 Å². The molecule has 0 aliphatic heterocycles. The highest BCUT2D eigenvalue weighted by Crippen LogP contribution is 2.28. The second kappa shape index (κ2) is 8.12. The molecule has 4 rings (SSSR count). The van der Waals surface area contributed by atoms with Crippen molar-refractivity contribution in [2.45, 2.75) is 23.7 Å². The molecule has 29 heavy (non-hydrogen) atoms. The third kappa shape index (κ3) is 4.86. The van der Waals surface area contributed by atoms with Crippen LogP contribution in [0.25, 0.3) is 11.2 Å². The highest BCUT2D eigenvalue weighted by atomic mass is 32.2. The molecule has 2 heterocycles. The Labute approximate surface area is 168 Å². The van der Waals surface area contributed by atoms with E-state index in [-0.39, 0.29) is 5.75 Å². The minimum Gasteiger partial charge on any atom is -0.406 e. The van der Waals surface area contributed by atoms with E-state index in [1.807, 2.05) is 34.9 Å². The Morgan fingerprint density at radius 2 is 1.66 bits per heavy atom. The van der Waals surface area contributed by atoms with Crippen molar-refractivity contribution in [1.82, 2.24) is 19.5 Å². The number of aromatic nitrogens is 4. The van der Waals surface area contributed by atoms with Crippen molar-refractivity contribution >= 4 is 22.9 Å². The quantitative estimate of drug-likeness (QED) is 0.325. The van der Waals surface area contributed by atoms with Gasteiger partial charge in [-0.2, -0.15) is 0 Å². The predicted molar refractivity (Wildman–Crippen MR) is 104 cm³/mol. The van der Waals surface area contributed by atoms with Crippen LogP contribution >= 0.6 is 11.8 Å². The van der Waals surface area contributed by atoms with Crippen LogP contribution in [0.2, 0.25) is 0 Å². The molecule has 0 aliphatic carbocycles. The van der Waals surface area contributed by atoms with Gasteiger partial charge in [-0.1, -0.05) is 54.2 Å². The second-order valence-corrected chi connectivity index (χ2v) is 7.15. The molecule has 9 heteroatoms. The smallest absolute Gasteiger partial charge is 0.406 e. The molecule has 148 valence electrons. The molecule has 0 unspecified atom stereocenters. The lowest BCUT2D eigenvalue weighted by Crippen LogP contribution is -2.16. The number of hydrogen-bond acceptors (Lipinski definition) is 5. The van der Waals surface area contributed by atoms with E-state index in [0.717, 1.165) is 21.8 Å². The molecular formula is C20H15F3N4OS. The second-order valence-electron chi connectivity index (χ2n) is 6.19. The van der Waals surface area contributed by atoms with E-state index in [0.29, 0.717) is 17.8 Å². The van der Waals surface area contributed by atoms with Crippen LogP contribution in [0.1, 0.15) is 11.1 Å². The fraction of sp³-hybridized carbons (Fsp3) is 0.150. The topological polar surface area (TPSA) is 52.8 Å². The van der Waals surface area contributed by atoms with E-state index < -0.39 is 6.36 Å². The lowest BCUT2D eigenvalue weighted by Gasteiger charge is -2.09. The minimum atomic E-state index is -4.69. The summed E-state index contributed by atoms with van der Waals surface area (Å²) < 4.78 is 42.6. The Balaban J connectivity index is 1.47. The van der Waals surface area contributed by atoms with Gasteiger partial charge in [-0.15, -0.1) is 13.2 Å². The number of rotatable bonds is 6. The van der Waals surface area contributed by atoms with Crippen LogP contribution in [0.15, 0.2) is 72.3 Å². The Morgan fingerprint density at radius 3 is 2.38 bits per heavy atom. The lowest BCUT2D eigenvalue weighted by atomic mass is 10.2. The molecule has 2 aromatic heterocycles. The average Bonchev–Trinajstić information content (AvgIpc) is 3.11. The third-order valence-electron chi connectivity index (χ3n) is 4.10. The molecule has 0 fully saturated rings. The van der Waals surface area contributed by atoms with E-state index in [1.165, 1.54) is 30.2 Å². The van der Waals surface area contributed by atoms with Crippen molar-refractivity contribution in [3.63, 3.8) is 0 Å². The van der Waals surface area contributed by atoms with Crippen LogP contribution in [-0.2, 0) is 12.3 Å². The molecule has 2 aromatic carbocycles. The first-order chi connectivity index (χ1) is 14.0. The zero-order valence-corrected chi connectivity index (χ0v) is 15.8. The van der Waals surface area contributed by atoms with Gasteiger partial charge in [0.05, 0.1) is 12.9 Å². The summed E-state index contributed by atoms with van der Waals surface area (Å²) in [5.41, 5.74) is 3.42. The van der Waals surface area contributed by atoms with E-state index in [1.54, 1.807) is 18.5 Å². The maximum atomic E-state index is 12.2. The summed E-state index contributed by atoms with van der Waals surface area (Å²) >= 11 is 1.45. The molecule has 0 saturated heterocycles. The summed E-state index contributed by atoms with van der Waals surface area (Å²) in [5.74, 6) is 0.291. The van der Waals surface area contributed by atoms with Crippen LogP contribution in [0.4, 0.5) is 13.2 Å². The van der Waals surface area contributed by atoms with E-state index in [2.05, 4.69) is 19.7 Å². The molecular weight excluding hydrogens is 401 g/mol. The summed E-state index contributed by atoms with van der Waals surface area (Å²) in [6.45, 7) is 0.652. The minimum absolute atomic E-state index is 0.240. The molecule has 0 atom stereocenters. The molecule has 0 aliphatic rings. The van der Waals surface area contributed by atoms with Crippen molar-refractivity contribution in [2.75, 3.05) is 0 Å². The number of imidazole rings is 1. The van der Waals surface area contributed by atoms with Crippen molar-refractivity contribution in [2.24, 2.45) is 0 Å². The number of fused-ring (bicyclic) bond motifs is 1. The molecule has 0 saturated carbocycles. The summed E-state index contributed by atoms with van der Waals surface area (Å²) in [6, 6.07) is 15.8. The highest BCUT2D eigenvalue weighted by Gasteiger charge is 2.30. The SMILES string of the molecule is FC(F)(F)Oc1ccc(CSc2ncnc3c2ncn3Cc2ccccc2)cc1. The molecule has 0 radical (unpaired) electrons. The van der Waals surface area contributed by atoms with Gasteiger partial charge in [-0.05, 0) is 23.3 Å². The standard InChI is InChI=1S/C20H15F3N4OS/c21-20(22,23)28-16-8-6-15(7-9-16)11-29-19-17-18(24-12-25-19)27(13-26-17)10-14-4-2-1-3-5-14/h1-9,12-13H,10-11H2. The largest absolute Gasteiger partial charge is 0.573 e. The van der Waals surface area contributed by atoms with Gasteiger partial charge in [0, 0.05) is 5.75 Å². The molecule has 5 nitrogen and oxygen atoms in total. The van der Waals surface area contributed by atoms with Gasteiger partial charge in [0.1, 0.15) is 22.6 Å². The molecule has 0 N–H and O–H groups in total. The van der Waals surface area contributed by atoms with Gasteiger partial charge in [0.2, 0.25) is 0 Å². The lowest BCUT2D eigenvalue weighted by molar-refractivity contribution is -0.274. The van der Waals surface area contributed by atoms with E-state index in [4.69, 9.17) is 0 Å². The molecule has 4 aromatic rings. The Morgan fingerprint density at radius 1 is 0.897 bits per heavy atom. The molecule has 0 bridgehead atoms. The normalized spacial score (nSPS) is 11.7. The van der Waals surface area contributed by atoms with Gasteiger partial charge in [0.25, 0.3) is 0 Å². The monoisotopic (exact) mass is 416 g/mol. The van der Waals surface area contributed by atoms with Crippen LogP contribution in [-0.4, -0.2) is 25.9 Å². The number of benzene rings is 2. The Bertz CT molecular complexity index is 1100. The number of ether oxygens (including phenoxy) is 1. The zero-order valence-electron chi connectivity index (χ0n) is 15.0. The average molecular weight is 416 g/mol.